The quantitative estimate of drug-likeness (QED) is 0.403. The molecule has 0 aliphatic rings. The average Bonchev–Trinajstić information content (AvgIpc) is 3.10. The summed E-state index contributed by atoms with van der Waals surface area (Å²) in [7, 11) is 0. The molecular formula is C26H26N2. The molecule has 0 amide bonds. The predicted octanol–water partition coefficient (Wildman–Crippen LogP) is 6.50. The van der Waals surface area contributed by atoms with Crippen molar-refractivity contribution >= 4 is 0 Å². The number of rotatable bonds is 4. The van der Waals surface area contributed by atoms with Crippen LogP contribution in [0.15, 0.2) is 72.8 Å². The molecule has 0 unspecified atom stereocenters. The molecule has 0 radical (unpaired) electrons. The molecule has 0 aliphatic carbocycles. The molecule has 140 valence electrons. The fourth-order valence-corrected chi connectivity index (χ4v) is 3.49. The van der Waals surface area contributed by atoms with E-state index in [0.717, 1.165) is 23.5 Å². The van der Waals surface area contributed by atoms with Gasteiger partial charge in [0.2, 0.25) is 0 Å². The minimum absolute atomic E-state index is 0.766. The van der Waals surface area contributed by atoms with Gasteiger partial charge in [0.15, 0.2) is 0 Å². The molecule has 4 rings (SSSR count). The smallest absolute Gasteiger partial charge is 0.0929 e. The van der Waals surface area contributed by atoms with Crippen LogP contribution in [0.3, 0.4) is 0 Å². The Labute approximate surface area is 167 Å². The van der Waals surface area contributed by atoms with Gasteiger partial charge in [0, 0.05) is 5.56 Å². The maximum atomic E-state index is 4.99. The molecule has 0 atom stereocenters. The molecule has 3 aromatic carbocycles. The molecule has 0 saturated heterocycles. The first-order valence-electron chi connectivity index (χ1n) is 9.78. The predicted molar refractivity (Wildman–Crippen MR) is 118 cm³/mol. The van der Waals surface area contributed by atoms with Crippen LogP contribution in [0.25, 0.3) is 22.5 Å². The summed E-state index contributed by atoms with van der Waals surface area (Å²) in [5.41, 5.74) is 10.9. The molecule has 1 heterocycles. The van der Waals surface area contributed by atoms with E-state index in [4.69, 9.17) is 5.10 Å². The number of aryl methyl sites for hydroxylation is 4. The minimum atomic E-state index is 0.766. The van der Waals surface area contributed by atoms with Crippen molar-refractivity contribution in [2.75, 3.05) is 0 Å². The van der Waals surface area contributed by atoms with Crippen LogP contribution in [0.4, 0.5) is 0 Å². The lowest BCUT2D eigenvalue weighted by Gasteiger charge is -2.11. The standard InChI is InChI=1S/C26H26N2/c1-18-6-11-22(12-7-18)25-16-26(23-13-8-19(2)9-14-23)28(27-25)17-24-15-20(3)5-10-21(24)4/h5-16H,17H2,1-4H3. The van der Waals surface area contributed by atoms with Gasteiger partial charge in [0.05, 0.1) is 17.9 Å². The van der Waals surface area contributed by atoms with Crippen molar-refractivity contribution < 1.29 is 0 Å². The van der Waals surface area contributed by atoms with Crippen LogP contribution in [-0.2, 0) is 6.54 Å². The van der Waals surface area contributed by atoms with Crippen molar-refractivity contribution in [3.05, 3.63) is 101 Å². The Balaban J connectivity index is 1.81. The second-order valence-electron chi connectivity index (χ2n) is 7.73. The van der Waals surface area contributed by atoms with Crippen molar-refractivity contribution in [3.8, 4) is 22.5 Å². The lowest BCUT2D eigenvalue weighted by molar-refractivity contribution is 0.693. The number of aromatic nitrogens is 2. The molecule has 28 heavy (non-hydrogen) atoms. The van der Waals surface area contributed by atoms with Gasteiger partial charge >= 0.3 is 0 Å². The van der Waals surface area contributed by atoms with Crippen molar-refractivity contribution in [2.45, 2.75) is 34.2 Å². The molecule has 0 fully saturated rings. The van der Waals surface area contributed by atoms with E-state index in [-0.39, 0.29) is 0 Å². The summed E-state index contributed by atoms with van der Waals surface area (Å²) >= 11 is 0. The van der Waals surface area contributed by atoms with Crippen LogP contribution in [0.2, 0.25) is 0 Å². The summed E-state index contributed by atoms with van der Waals surface area (Å²) < 4.78 is 2.14. The lowest BCUT2D eigenvalue weighted by Crippen LogP contribution is -2.05. The topological polar surface area (TPSA) is 17.8 Å². The van der Waals surface area contributed by atoms with E-state index in [2.05, 4.69) is 105 Å². The van der Waals surface area contributed by atoms with Crippen molar-refractivity contribution in [3.63, 3.8) is 0 Å². The van der Waals surface area contributed by atoms with E-state index in [1.165, 1.54) is 33.4 Å². The fraction of sp³-hybridized carbons (Fsp3) is 0.192. The second kappa shape index (κ2) is 7.47. The van der Waals surface area contributed by atoms with E-state index in [1.54, 1.807) is 0 Å². The SMILES string of the molecule is Cc1ccc(-c2cc(-c3ccc(C)cc3)n(Cc3cc(C)ccc3C)n2)cc1. The van der Waals surface area contributed by atoms with E-state index >= 15 is 0 Å². The largest absolute Gasteiger partial charge is 0.260 e. The van der Waals surface area contributed by atoms with Gasteiger partial charge in [-0.1, -0.05) is 83.4 Å². The van der Waals surface area contributed by atoms with Gasteiger partial charge < -0.3 is 0 Å². The highest BCUT2D eigenvalue weighted by Crippen LogP contribution is 2.28. The average molecular weight is 367 g/mol. The van der Waals surface area contributed by atoms with Gasteiger partial charge in [-0.05, 0) is 50.5 Å². The van der Waals surface area contributed by atoms with Gasteiger partial charge in [-0.2, -0.15) is 5.10 Å². The van der Waals surface area contributed by atoms with Gasteiger partial charge in [0.25, 0.3) is 0 Å². The Hall–Kier alpha value is -3.13. The molecule has 0 bridgehead atoms. The van der Waals surface area contributed by atoms with Crippen molar-refractivity contribution in [1.82, 2.24) is 9.78 Å². The van der Waals surface area contributed by atoms with E-state index < -0.39 is 0 Å². The molecule has 0 spiro atoms. The fourth-order valence-electron chi connectivity index (χ4n) is 3.49. The van der Waals surface area contributed by atoms with Gasteiger partial charge in [-0.3, -0.25) is 4.68 Å². The van der Waals surface area contributed by atoms with Crippen LogP contribution in [-0.4, -0.2) is 9.78 Å². The highest BCUT2D eigenvalue weighted by molar-refractivity contribution is 5.69. The van der Waals surface area contributed by atoms with Gasteiger partial charge in [-0.25, -0.2) is 0 Å². The monoisotopic (exact) mass is 366 g/mol. The van der Waals surface area contributed by atoms with Gasteiger partial charge in [-0.15, -0.1) is 0 Å². The number of hydrogen-bond donors (Lipinski definition) is 0. The molecule has 0 N–H and O–H groups in total. The third-order valence-electron chi connectivity index (χ3n) is 5.30. The number of hydrogen-bond acceptors (Lipinski definition) is 1. The van der Waals surface area contributed by atoms with Crippen LogP contribution in [0.5, 0.6) is 0 Å². The first-order chi connectivity index (χ1) is 13.5. The maximum Gasteiger partial charge on any atom is 0.0929 e. The molecule has 2 nitrogen and oxygen atoms in total. The Morgan fingerprint density at radius 3 is 1.86 bits per heavy atom. The maximum absolute atomic E-state index is 4.99. The summed E-state index contributed by atoms with van der Waals surface area (Å²) in [6.45, 7) is 9.31. The van der Waals surface area contributed by atoms with E-state index in [0.29, 0.717) is 0 Å². The number of benzene rings is 3. The summed E-state index contributed by atoms with van der Waals surface area (Å²) in [6, 6.07) is 26.1. The molecule has 2 heteroatoms. The Bertz CT molecular complexity index is 1100. The van der Waals surface area contributed by atoms with Crippen LogP contribution >= 0.6 is 0 Å². The summed E-state index contributed by atoms with van der Waals surface area (Å²) in [5, 5.41) is 4.99. The van der Waals surface area contributed by atoms with Crippen LogP contribution in [0.1, 0.15) is 27.8 Å². The lowest BCUT2D eigenvalue weighted by atomic mass is 10.0. The summed E-state index contributed by atoms with van der Waals surface area (Å²) in [5.74, 6) is 0. The Morgan fingerprint density at radius 1 is 0.643 bits per heavy atom. The first kappa shape index (κ1) is 18.2. The van der Waals surface area contributed by atoms with Crippen molar-refractivity contribution in [2.24, 2.45) is 0 Å². The minimum Gasteiger partial charge on any atom is -0.260 e. The molecule has 0 saturated carbocycles. The molecule has 0 aliphatic heterocycles. The second-order valence-corrected chi connectivity index (χ2v) is 7.73. The normalized spacial score (nSPS) is 11.0. The molecule has 1 aromatic heterocycles. The van der Waals surface area contributed by atoms with Crippen molar-refractivity contribution in [1.29, 1.82) is 0 Å². The first-order valence-corrected chi connectivity index (χ1v) is 9.78. The summed E-state index contributed by atoms with van der Waals surface area (Å²) in [6.07, 6.45) is 0. The van der Waals surface area contributed by atoms with Crippen LogP contribution in [0, 0.1) is 27.7 Å². The zero-order valence-electron chi connectivity index (χ0n) is 17.0. The number of nitrogens with zero attached hydrogens (tertiary/aromatic N) is 2. The van der Waals surface area contributed by atoms with E-state index in [9.17, 15) is 0 Å². The van der Waals surface area contributed by atoms with Gasteiger partial charge in [0.1, 0.15) is 0 Å². The zero-order chi connectivity index (χ0) is 19.7. The third-order valence-corrected chi connectivity index (χ3v) is 5.30. The molecular weight excluding hydrogens is 340 g/mol. The van der Waals surface area contributed by atoms with Crippen LogP contribution < -0.4 is 0 Å². The zero-order valence-corrected chi connectivity index (χ0v) is 17.0. The Kier molecular flexibility index (Phi) is 4.87. The highest BCUT2D eigenvalue weighted by atomic mass is 15.3. The third kappa shape index (κ3) is 3.77. The summed E-state index contributed by atoms with van der Waals surface area (Å²) in [4.78, 5) is 0. The van der Waals surface area contributed by atoms with E-state index in [1.807, 2.05) is 0 Å². The highest BCUT2D eigenvalue weighted by Gasteiger charge is 2.13. The Morgan fingerprint density at radius 2 is 1.21 bits per heavy atom. The molecule has 4 aromatic rings.